The number of benzene rings is 1. The van der Waals surface area contributed by atoms with E-state index in [-0.39, 0.29) is 5.41 Å². The molecule has 0 saturated carbocycles. The first-order valence-corrected chi connectivity index (χ1v) is 5.33. The van der Waals surface area contributed by atoms with Gasteiger partial charge in [0, 0.05) is 11.1 Å². The quantitative estimate of drug-likeness (QED) is 0.730. The third kappa shape index (κ3) is 2.96. The monoisotopic (exact) mass is 207 g/mol. The maximum absolute atomic E-state index is 9.98. The molecule has 0 aliphatic carbocycles. The zero-order valence-electron chi connectivity index (χ0n) is 10.3. The van der Waals surface area contributed by atoms with Crippen molar-refractivity contribution < 1.29 is 5.11 Å². The lowest BCUT2D eigenvalue weighted by Gasteiger charge is -2.28. The van der Waals surface area contributed by atoms with Gasteiger partial charge in [-0.1, -0.05) is 39.0 Å². The molecule has 0 aliphatic rings. The van der Waals surface area contributed by atoms with Gasteiger partial charge in [-0.15, -0.1) is 0 Å². The van der Waals surface area contributed by atoms with E-state index in [1.165, 1.54) is 11.1 Å². The number of hydrogen-bond donors (Lipinski definition) is 2. The van der Waals surface area contributed by atoms with Crippen LogP contribution in [0.25, 0.3) is 0 Å². The van der Waals surface area contributed by atoms with Gasteiger partial charge in [0.2, 0.25) is 0 Å². The van der Waals surface area contributed by atoms with Crippen molar-refractivity contribution in [3.63, 3.8) is 0 Å². The van der Waals surface area contributed by atoms with E-state index in [1.807, 2.05) is 52.8 Å². The molecule has 0 aliphatic heterocycles. The normalized spacial score (nSPS) is 13.7. The van der Waals surface area contributed by atoms with Crippen LogP contribution in [0.1, 0.15) is 31.9 Å². The molecule has 2 heteroatoms. The van der Waals surface area contributed by atoms with Crippen molar-refractivity contribution in [3.8, 4) is 0 Å². The number of para-hydroxylation sites is 1. The topological polar surface area (TPSA) is 32.3 Å². The third-order valence-electron chi connectivity index (χ3n) is 2.58. The number of aliphatic hydroxyl groups is 1. The summed E-state index contributed by atoms with van der Waals surface area (Å²) in [5.41, 5.74) is 3.21. The Morgan fingerprint density at radius 3 is 2.00 bits per heavy atom. The Bertz CT molecular complexity index is 319. The molecule has 84 valence electrons. The largest absolute Gasteiger partial charge is 0.373 e. The predicted molar refractivity (Wildman–Crippen MR) is 65.0 cm³/mol. The molecule has 1 aromatic carbocycles. The predicted octanol–water partition coefficient (Wildman–Crippen LogP) is 3.08. The molecular formula is C13H21NO. The van der Waals surface area contributed by atoms with Crippen molar-refractivity contribution >= 4 is 5.69 Å². The van der Waals surface area contributed by atoms with E-state index < -0.39 is 6.23 Å². The number of nitrogens with one attached hydrogen (secondary N) is 1. The van der Waals surface area contributed by atoms with Gasteiger partial charge in [0.1, 0.15) is 6.23 Å². The van der Waals surface area contributed by atoms with Crippen LogP contribution < -0.4 is 5.32 Å². The van der Waals surface area contributed by atoms with Crippen LogP contribution >= 0.6 is 0 Å². The van der Waals surface area contributed by atoms with Crippen LogP contribution in [-0.2, 0) is 0 Å². The minimum atomic E-state index is -0.530. The molecule has 0 amide bonds. The third-order valence-corrected chi connectivity index (χ3v) is 2.58. The molecular weight excluding hydrogens is 186 g/mol. The molecule has 0 heterocycles. The lowest BCUT2D eigenvalue weighted by atomic mass is 9.93. The Hall–Kier alpha value is -1.02. The van der Waals surface area contributed by atoms with Crippen LogP contribution in [0, 0.1) is 19.3 Å². The maximum atomic E-state index is 9.98. The van der Waals surface area contributed by atoms with Crippen LogP contribution in [0.2, 0.25) is 0 Å². The summed E-state index contributed by atoms with van der Waals surface area (Å²) in [6.07, 6.45) is -0.530. The van der Waals surface area contributed by atoms with Gasteiger partial charge in [-0.05, 0) is 25.0 Å². The first-order chi connectivity index (χ1) is 6.82. The summed E-state index contributed by atoms with van der Waals surface area (Å²) in [6, 6.07) is 6.12. The second kappa shape index (κ2) is 4.23. The van der Waals surface area contributed by atoms with Gasteiger partial charge in [0.25, 0.3) is 0 Å². The molecule has 0 bridgehead atoms. The fourth-order valence-electron chi connectivity index (χ4n) is 1.40. The van der Waals surface area contributed by atoms with Crippen LogP contribution in [0.3, 0.4) is 0 Å². The highest BCUT2D eigenvalue weighted by molar-refractivity contribution is 5.56. The molecule has 0 radical (unpaired) electrons. The van der Waals surface area contributed by atoms with E-state index in [2.05, 4.69) is 5.32 Å². The van der Waals surface area contributed by atoms with Crippen molar-refractivity contribution in [1.82, 2.24) is 0 Å². The van der Waals surface area contributed by atoms with Gasteiger partial charge in [-0.25, -0.2) is 0 Å². The van der Waals surface area contributed by atoms with Gasteiger partial charge in [0.05, 0.1) is 0 Å². The second-order valence-electron chi connectivity index (χ2n) is 5.18. The highest BCUT2D eigenvalue weighted by Gasteiger charge is 2.22. The molecule has 15 heavy (non-hydrogen) atoms. The zero-order valence-corrected chi connectivity index (χ0v) is 10.3. The van der Waals surface area contributed by atoms with E-state index in [9.17, 15) is 5.11 Å². The first-order valence-electron chi connectivity index (χ1n) is 5.33. The lowest BCUT2D eigenvalue weighted by Crippen LogP contribution is -2.34. The molecule has 0 fully saturated rings. The van der Waals surface area contributed by atoms with E-state index in [0.29, 0.717) is 0 Å². The average molecular weight is 207 g/mol. The minimum absolute atomic E-state index is 0.158. The SMILES string of the molecule is Cc1cccc(C)c1NC(O)C(C)(C)C. The second-order valence-corrected chi connectivity index (χ2v) is 5.18. The maximum Gasteiger partial charge on any atom is 0.129 e. The average Bonchev–Trinajstić information content (AvgIpc) is 2.09. The smallest absolute Gasteiger partial charge is 0.129 e. The molecule has 2 N–H and O–H groups in total. The van der Waals surface area contributed by atoms with Gasteiger partial charge < -0.3 is 10.4 Å². The molecule has 0 spiro atoms. The number of aliphatic hydroxyl groups excluding tert-OH is 1. The van der Waals surface area contributed by atoms with Gasteiger partial charge in [0.15, 0.2) is 0 Å². The fourth-order valence-corrected chi connectivity index (χ4v) is 1.40. The van der Waals surface area contributed by atoms with Crippen LogP contribution in [0.4, 0.5) is 5.69 Å². The lowest BCUT2D eigenvalue weighted by molar-refractivity contribution is 0.0879. The Labute approximate surface area is 92.3 Å². The number of hydrogen-bond acceptors (Lipinski definition) is 2. The van der Waals surface area contributed by atoms with Crippen LogP contribution in [-0.4, -0.2) is 11.3 Å². The van der Waals surface area contributed by atoms with Gasteiger partial charge >= 0.3 is 0 Å². The standard InChI is InChI=1S/C13H21NO/c1-9-7-6-8-10(2)11(9)14-12(15)13(3,4)5/h6-8,12,14-15H,1-5H3. The van der Waals surface area contributed by atoms with E-state index >= 15 is 0 Å². The summed E-state index contributed by atoms with van der Waals surface area (Å²) in [5, 5.41) is 13.2. The van der Waals surface area contributed by atoms with Crippen LogP contribution in [0.15, 0.2) is 18.2 Å². The number of anilines is 1. The number of rotatable bonds is 2. The highest BCUT2D eigenvalue weighted by Crippen LogP contribution is 2.25. The van der Waals surface area contributed by atoms with Gasteiger partial charge in [-0.2, -0.15) is 0 Å². The molecule has 1 rings (SSSR count). The fraction of sp³-hybridized carbons (Fsp3) is 0.538. The summed E-state index contributed by atoms with van der Waals surface area (Å²) in [4.78, 5) is 0. The molecule has 0 aromatic heterocycles. The number of aryl methyl sites for hydroxylation is 2. The minimum Gasteiger partial charge on any atom is -0.373 e. The van der Waals surface area contributed by atoms with E-state index in [4.69, 9.17) is 0 Å². The summed E-state index contributed by atoms with van der Waals surface area (Å²) >= 11 is 0. The van der Waals surface area contributed by atoms with Crippen molar-refractivity contribution in [2.45, 2.75) is 40.8 Å². The Balaban J connectivity index is 2.90. The van der Waals surface area contributed by atoms with Crippen molar-refractivity contribution in [2.75, 3.05) is 5.32 Å². The Morgan fingerprint density at radius 1 is 1.13 bits per heavy atom. The Morgan fingerprint density at radius 2 is 1.60 bits per heavy atom. The first kappa shape index (κ1) is 12.1. The Kier molecular flexibility index (Phi) is 3.40. The van der Waals surface area contributed by atoms with E-state index in [1.54, 1.807) is 0 Å². The molecule has 2 nitrogen and oxygen atoms in total. The van der Waals surface area contributed by atoms with Crippen molar-refractivity contribution in [2.24, 2.45) is 5.41 Å². The summed E-state index contributed by atoms with van der Waals surface area (Å²) < 4.78 is 0. The summed E-state index contributed by atoms with van der Waals surface area (Å²) in [6.45, 7) is 10.1. The molecule has 1 atom stereocenters. The van der Waals surface area contributed by atoms with E-state index in [0.717, 1.165) is 5.69 Å². The summed E-state index contributed by atoms with van der Waals surface area (Å²) in [7, 11) is 0. The highest BCUT2D eigenvalue weighted by atomic mass is 16.3. The van der Waals surface area contributed by atoms with Crippen molar-refractivity contribution in [1.29, 1.82) is 0 Å². The molecule has 1 unspecified atom stereocenters. The van der Waals surface area contributed by atoms with Gasteiger partial charge in [-0.3, -0.25) is 0 Å². The van der Waals surface area contributed by atoms with Crippen LogP contribution in [0.5, 0.6) is 0 Å². The zero-order chi connectivity index (χ0) is 11.6. The molecule has 0 saturated heterocycles. The molecule has 1 aromatic rings. The van der Waals surface area contributed by atoms with Crippen molar-refractivity contribution in [3.05, 3.63) is 29.3 Å². The summed E-state index contributed by atoms with van der Waals surface area (Å²) in [5.74, 6) is 0.